The molecule has 0 heterocycles. The lowest BCUT2D eigenvalue weighted by atomic mass is 10.2. The second-order valence-electron chi connectivity index (χ2n) is 5.04. The van der Waals surface area contributed by atoms with Crippen molar-refractivity contribution < 1.29 is 17.9 Å². The van der Waals surface area contributed by atoms with Crippen molar-refractivity contribution in [2.45, 2.75) is 23.6 Å². The predicted molar refractivity (Wildman–Crippen MR) is 95.8 cm³/mol. The summed E-state index contributed by atoms with van der Waals surface area (Å²) >= 11 is 1.34. The molecule has 0 aliphatic carbocycles. The summed E-state index contributed by atoms with van der Waals surface area (Å²) in [5.74, 6) is -0.0471. The number of ether oxygens (including phenoxy) is 1. The molecule has 0 saturated carbocycles. The van der Waals surface area contributed by atoms with Crippen LogP contribution in [0.3, 0.4) is 0 Å². The number of carbonyl (C=O) groups is 1. The van der Waals surface area contributed by atoms with Gasteiger partial charge in [-0.05, 0) is 50.2 Å². The normalized spacial score (nSPS) is 11.1. The Balaban J connectivity index is 2.00. The van der Waals surface area contributed by atoms with Crippen molar-refractivity contribution in [2.75, 3.05) is 17.1 Å². The Morgan fingerprint density at radius 2 is 1.71 bits per heavy atom. The van der Waals surface area contributed by atoms with Crippen LogP contribution in [0.1, 0.15) is 12.5 Å². The molecule has 2 aromatic rings. The second-order valence-corrected chi connectivity index (χ2v) is 7.77. The quantitative estimate of drug-likeness (QED) is 0.601. The highest BCUT2D eigenvalue weighted by Crippen LogP contribution is 2.22. The van der Waals surface area contributed by atoms with Gasteiger partial charge in [-0.25, -0.2) is 8.42 Å². The van der Waals surface area contributed by atoms with Crippen LogP contribution in [-0.4, -0.2) is 26.7 Å². The summed E-state index contributed by atoms with van der Waals surface area (Å²) in [6.45, 7) is 4.02. The van der Waals surface area contributed by atoms with Gasteiger partial charge in [-0.15, -0.1) is 11.8 Å². The van der Waals surface area contributed by atoms with Crippen molar-refractivity contribution in [3.05, 3.63) is 54.1 Å². The maximum absolute atomic E-state index is 12.3. The Bertz CT molecular complexity index is 784. The summed E-state index contributed by atoms with van der Waals surface area (Å²) in [6, 6.07) is 13.5. The maximum atomic E-state index is 12.3. The van der Waals surface area contributed by atoms with E-state index >= 15 is 0 Å². The Kier molecular flexibility index (Phi) is 6.28. The highest BCUT2D eigenvalue weighted by Gasteiger charge is 2.13. The van der Waals surface area contributed by atoms with Crippen molar-refractivity contribution in [1.29, 1.82) is 0 Å². The van der Waals surface area contributed by atoms with Crippen molar-refractivity contribution in [3.63, 3.8) is 0 Å². The van der Waals surface area contributed by atoms with E-state index in [4.69, 9.17) is 4.74 Å². The molecule has 0 aromatic heterocycles. The Hall–Kier alpha value is -1.99. The number of thioether (sulfide) groups is 1. The minimum Gasteiger partial charge on any atom is -0.465 e. The zero-order chi connectivity index (χ0) is 17.6. The zero-order valence-electron chi connectivity index (χ0n) is 13.5. The average Bonchev–Trinajstić information content (AvgIpc) is 2.54. The molecule has 0 saturated heterocycles. The van der Waals surface area contributed by atoms with Gasteiger partial charge in [0.15, 0.2) is 0 Å². The first kappa shape index (κ1) is 18.4. The van der Waals surface area contributed by atoms with Gasteiger partial charge in [-0.1, -0.05) is 17.7 Å². The smallest absolute Gasteiger partial charge is 0.316 e. The van der Waals surface area contributed by atoms with E-state index in [2.05, 4.69) is 4.72 Å². The van der Waals surface area contributed by atoms with Crippen molar-refractivity contribution >= 4 is 33.4 Å². The van der Waals surface area contributed by atoms with E-state index in [-0.39, 0.29) is 16.6 Å². The lowest BCUT2D eigenvalue weighted by molar-refractivity contribution is -0.139. The summed E-state index contributed by atoms with van der Waals surface area (Å²) in [7, 11) is -3.61. The second kappa shape index (κ2) is 8.21. The molecule has 0 amide bonds. The molecular formula is C17H19NO4S2. The van der Waals surface area contributed by atoms with E-state index in [1.54, 1.807) is 55.5 Å². The Morgan fingerprint density at radius 3 is 2.29 bits per heavy atom. The summed E-state index contributed by atoms with van der Waals surface area (Å²) in [4.78, 5) is 12.4. The molecular weight excluding hydrogens is 346 g/mol. The van der Waals surface area contributed by atoms with Gasteiger partial charge in [-0.2, -0.15) is 0 Å². The van der Waals surface area contributed by atoms with Crippen molar-refractivity contribution in [1.82, 2.24) is 0 Å². The van der Waals surface area contributed by atoms with Crippen LogP contribution >= 0.6 is 11.8 Å². The molecule has 24 heavy (non-hydrogen) atoms. The monoisotopic (exact) mass is 365 g/mol. The van der Waals surface area contributed by atoms with Gasteiger partial charge in [0, 0.05) is 10.6 Å². The molecule has 128 valence electrons. The summed E-state index contributed by atoms with van der Waals surface area (Å²) in [5, 5.41) is 0. The molecule has 0 aliphatic rings. The molecule has 0 aliphatic heterocycles. The number of sulfonamides is 1. The van der Waals surface area contributed by atoms with Crippen LogP contribution in [0.25, 0.3) is 0 Å². The van der Waals surface area contributed by atoms with Crippen LogP contribution in [0.5, 0.6) is 0 Å². The van der Waals surface area contributed by atoms with E-state index in [0.717, 1.165) is 10.5 Å². The zero-order valence-corrected chi connectivity index (χ0v) is 15.1. The number of hydrogen-bond donors (Lipinski definition) is 1. The van der Waals surface area contributed by atoms with Gasteiger partial charge in [0.05, 0.1) is 17.3 Å². The van der Waals surface area contributed by atoms with E-state index in [9.17, 15) is 13.2 Å². The first-order valence-corrected chi connectivity index (χ1v) is 9.85. The van der Waals surface area contributed by atoms with Crippen LogP contribution < -0.4 is 4.72 Å². The first-order valence-electron chi connectivity index (χ1n) is 7.38. The van der Waals surface area contributed by atoms with Gasteiger partial charge >= 0.3 is 5.97 Å². The van der Waals surface area contributed by atoms with Gasteiger partial charge < -0.3 is 4.74 Å². The van der Waals surface area contributed by atoms with Crippen LogP contribution in [0.2, 0.25) is 0 Å². The van der Waals surface area contributed by atoms with E-state index in [1.807, 2.05) is 6.92 Å². The first-order chi connectivity index (χ1) is 11.4. The number of benzene rings is 2. The number of hydrogen-bond acceptors (Lipinski definition) is 5. The minimum atomic E-state index is -3.61. The van der Waals surface area contributed by atoms with E-state index in [0.29, 0.717) is 12.3 Å². The fourth-order valence-corrected chi connectivity index (χ4v) is 3.65. The molecule has 0 unspecified atom stereocenters. The van der Waals surface area contributed by atoms with Gasteiger partial charge in [0.25, 0.3) is 10.0 Å². The number of esters is 1. The molecule has 0 fully saturated rings. The van der Waals surface area contributed by atoms with Crippen molar-refractivity contribution in [2.24, 2.45) is 0 Å². The molecule has 1 N–H and O–H groups in total. The number of rotatable bonds is 7. The molecule has 0 atom stereocenters. The maximum Gasteiger partial charge on any atom is 0.316 e. The third kappa shape index (κ3) is 5.28. The topological polar surface area (TPSA) is 72.5 Å². The predicted octanol–water partition coefficient (Wildman–Crippen LogP) is 3.45. The number of anilines is 1. The third-order valence-corrected chi connectivity index (χ3v) is 5.48. The third-order valence-electron chi connectivity index (χ3n) is 3.10. The fourth-order valence-electron chi connectivity index (χ4n) is 1.90. The van der Waals surface area contributed by atoms with E-state index < -0.39 is 10.0 Å². The summed E-state index contributed by atoms with van der Waals surface area (Å²) < 4.78 is 32.0. The average molecular weight is 365 g/mol. The van der Waals surface area contributed by atoms with Crippen LogP contribution in [0.4, 0.5) is 5.69 Å². The molecule has 7 heteroatoms. The molecule has 0 spiro atoms. The largest absolute Gasteiger partial charge is 0.465 e. The summed E-state index contributed by atoms with van der Waals surface area (Å²) in [6.07, 6.45) is 0. The van der Waals surface area contributed by atoms with Crippen molar-refractivity contribution in [3.8, 4) is 0 Å². The van der Waals surface area contributed by atoms with Crippen LogP contribution in [0.15, 0.2) is 58.3 Å². The fraction of sp³-hybridized carbons (Fsp3) is 0.235. The highest BCUT2D eigenvalue weighted by atomic mass is 32.2. The lowest BCUT2D eigenvalue weighted by Crippen LogP contribution is -2.12. The molecule has 0 radical (unpaired) electrons. The SMILES string of the molecule is CCOC(=O)CSc1ccc(NS(=O)(=O)c2ccc(C)cc2)cc1. The lowest BCUT2D eigenvalue weighted by Gasteiger charge is -2.09. The van der Waals surface area contributed by atoms with Crippen LogP contribution in [-0.2, 0) is 19.6 Å². The Labute approximate surface area is 146 Å². The number of carbonyl (C=O) groups excluding carboxylic acids is 1. The number of aryl methyl sites for hydroxylation is 1. The Morgan fingerprint density at radius 1 is 1.08 bits per heavy atom. The highest BCUT2D eigenvalue weighted by molar-refractivity contribution is 8.00. The van der Waals surface area contributed by atoms with E-state index in [1.165, 1.54) is 11.8 Å². The molecule has 2 aromatic carbocycles. The molecule has 5 nitrogen and oxygen atoms in total. The standard InChI is InChI=1S/C17H19NO4S2/c1-3-22-17(19)12-23-15-8-6-14(7-9-15)18-24(20,21)16-10-4-13(2)5-11-16/h4-11,18H,3,12H2,1-2H3. The van der Waals surface area contributed by atoms with Gasteiger partial charge in [-0.3, -0.25) is 9.52 Å². The van der Waals surface area contributed by atoms with Gasteiger partial charge in [0.2, 0.25) is 0 Å². The van der Waals surface area contributed by atoms with Gasteiger partial charge in [0.1, 0.15) is 0 Å². The van der Waals surface area contributed by atoms with Crippen LogP contribution in [0, 0.1) is 6.92 Å². The number of nitrogens with one attached hydrogen (secondary N) is 1. The minimum absolute atomic E-state index is 0.217. The molecule has 0 bridgehead atoms. The summed E-state index contributed by atoms with van der Waals surface area (Å²) in [5.41, 5.74) is 1.47. The molecule has 2 rings (SSSR count).